The zero-order chi connectivity index (χ0) is 22.5. The van der Waals surface area contributed by atoms with Crippen LogP contribution in [0.1, 0.15) is 24.2 Å². The summed E-state index contributed by atoms with van der Waals surface area (Å²) < 4.78 is 20.8. The Morgan fingerprint density at radius 1 is 1.26 bits per heavy atom. The van der Waals surface area contributed by atoms with E-state index >= 15 is 0 Å². The number of carbonyl (C=O) groups excluding carboxylic acids is 2. The van der Waals surface area contributed by atoms with Crippen LogP contribution in [-0.2, 0) is 16.1 Å². The normalized spacial score (nSPS) is 10.8. The molecule has 0 saturated heterocycles. The van der Waals surface area contributed by atoms with Crippen molar-refractivity contribution < 1.29 is 23.6 Å². The molecule has 0 aliphatic carbocycles. The van der Waals surface area contributed by atoms with Crippen molar-refractivity contribution in [2.75, 3.05) is 17.7 Å². The summed E-state index contributed by atoms with van der Waals surface area (Å²) in [6.45, 7) is 4.49. The molecule has 2 aromatic carbocycles. The molecule has 3 rings (SSSR count). The number of amides is 1. The van der Waals surface area contributed by atoms with Crippen LogP contribution in [0.15, 0.2) is 41.6 Å². The van der Waals surface area contributed by atoms with Gasteiger partial charge in [-0.3, -0.25) is 14.9 Å². The maximum absolute atomic E-state index is 13.9. The second-order valence-corrected chi connectivity index (χ2v) is 7.26. The van der Waals surface area contributed by atoms with Gasteiger partial charge in [-0.15, -0.1) is 0 Å². The van der Waals surface area contributed by atoms with Crippen molar-refractivity contribution in [1.82, 2.24) is 9.55 Å². The Balaban J connectivity index is 1.75. The largest absolute Gasteiger partial charge is 0.462 e. The standard InChI is InChI=1S/C20H19FN4O5S/c1-3-24-17-8-5-12(19(27)30-4-2)9-16(17)23-20(24)31-11-18(26)22-15-10-13(25(28)29)6-7-14(15)21/h5-10H,3-4,11H2,1-2H3,(H,22,26). The van der Waals surface area contributed by atoms with Crippen LogP contribution in [0.3, 0.4) is 0 Å². The van der Waals surface area contributed by atoms with E-state index in [1.54, 1.807) is 25.1 Å². The Morgan fingerprint density at radius 3 is 2.71 bits per heavy atom. The molecule has 1 N–H and O–H groups in total. The number of anilines is 1. The molecule has 31 heavy (non-hydrogen) atoms. The van der Waals surface area contributed by atoms with Crippen LogP contribution in [0.2, 0.25) is 0 Å². The van der Waals surface area contributed by atoms with Crippen LogP contribution >= 0.6 is 11.8 Å². The summed E-state index contributed by atoms with van der Waals surface area (Å²) in [5, 5.41) is 13.7. The number of aryl methyl sites for hydroxylation is 1. The molecule has 0 saturated carbocycles. The maximum atomic E-state index is 13.9. The number of fused-ring (bicyclic) bond motifs is 1. The van der Waals surface area contributed by atoms with Crippen molar-refractivity contribution in [1.29, 1.82) is 0 Å². The number of nitro benzene ring substituents is 1. The zero-order valence-electron chi connectivity index (χ0n) is 16.8. The molecule has 0 bridgehead atoms. The fourth-order valence-electron chi connectivity index (χ4n) is 2.90. The van der Waals surface area contributed by atoms with E-state index in [9.17, 15) is 24.1 Å². The lowest BCUT2D eigenvalue weighted by Crippen LogP contribution is -2.15. The lowest BCUT2D eigenvalue weighted by molar-refractivity contribution is -0.384. The number of nitrogens with one attached hydrogen (secondary N) is 1. The molecule has 0 radical (unpaired) electrons. The molecule has 0 fully saturated rings. The van der Waals surface area contributed by atoms with E-state index in [1.807, 2.05) is 11.5 Å². The third kappa shape index (κ3) is 5.00. The van der Waals surface area contributed by atoms with Gasteiger partial charge in [0.15, 0.2) is 5.16 Å². The molecule has 0 aliphatic heterocycles. The number of nitro groups is 1. The van der Waals surface area contributed by atoms with Gasteiger partial charge >= 0.3 is 5.97 Å². The van der Waals surface area contributed by atoms with Gasteiger partial charge in [-0.2, -0.15) is 0 Å². The summed E-state index contributed by atoms with van der Waals surface area (Å²) in [5.41, 5.74) is 1.17. The van der Waals surface area contributed by atoms with Crippen molar-refractivity contribution in [2.45, 2.75) is 25.5 Å². The number of esters is 1. The minimum Gasteiger partial charge on any atom is -0.462 e. The molecule has 0 atom stereocenters. The minimum absolute atomic E-state index is 0.0871. The highest BCUT2D eigenvalue weighted by Gasteiger charge is 2.17. The van der Waals surface area contributed by atoms with E-state index in [4.69, 9.17) is 4.74 Å². The molecule has 1 aromatic heterocycles. The summed E-state index contributed by atoms with van der Waals surface area (Å²) in [5.74, 6) is -1.83. The average molecular weight is 446 g/mol. The molecule has 3 aromatic rings. The average Bonchev–Trinajstić information content (AvgIpc) is 3.10. The molecule has 1 amide bonds. The Bertz CT molecular complexity index is 1160. The van der Waals surface area contributed by atoms with E-state index in [-0.39, 0.29) is 23.7 Å². The molecule has 1 heterocycles. The monoisotopic (exact) mass is 446 g/mol. The Hall–Kier alpha value is -3.47. The third-order valence-electron chi connectivity index (χ3n) is 4.31. The molecule has 0 unspecified atom stereocenters. The van der Waals surface area contributed by atoms with Gasteiger partial charge in [-0.1, -0.05) is 11.8 Å². The minimum atomic E-state index is -0.767. The molecule has 0 spiro atoms. The number of aromatic nitrogens is 2. The molecule has 11 heteroatoms. The number of ether oxygens (including phenoxy) is 1. The van der Waals surface area contributed by atoms with E-state index in [0.29, 0.717) is 22.8 Å². The van der Waals surface area contributed by atoms with Crippen LogP contribution in [0.25, 0.3) is 11.0 Å². The third-order valence-corrected chi connectivity index (χ3v) is 5.28. The van der Waals surface area contributed by atoms with Gasteiger partial charge in [0.2, 0.25) is 5.91 Å². The summed E-state index contributed by atoms with van der Waals surface area (Å²) in [4.78, 5) is 38.9. The van der Waals surface area contributed by atoms with Gasteiger partial charge in [0.05, 0.1) is 39.6 Å². The van der Waals surface area contributed by atoms with Gasteiger partial charge in [0.1, 0.15) is 5.82 Å². The second-order valence-electron chi connectivity index (χ2n) is 6.32. The number of halogens is 1. The SMILES string of the molecule is CCOC(=O)c1ccc2c(c1)nc(SCC(=O)Nc1cc([N+](=O)[O-])ccc1F)n2CC. The van der Waals surface area contributed by atoms with Crippen LogP contribution in [0.4, 0.5) is 15.8 Å². The second kappa shape index (κ2) is 9.56. The maximum Gasteiger partial charge on any atom is 0.338 e. The quantitative estimate of drug-likeness (QED) is 0.240. The fourth-order valence-corrected chi connectivity index (χ4v) is 3.78. The smallest absolute Gasteiger partial charge is 0.338 e. The summed E-state index contributed by atoms with van der Waals surface area (Å²) in [6.07, 6.45) is 0. The van der Waals surface area contributed by atoms with Crippen molar-refractivity contribution in [3.63, 3.8) is 0 Å². The molecular formula is C20H19FN4O5S. The van der Waals surface area contributed by atoms with Crippen LogP contribution < -0.4 is 5.32 Å². The number of carbonyl (C=O) groups is 2. The number of hydrogen-bond acceptors (Lipinski definition) is 7. The van der Waals surface area contributed by atoms with Crippen LogP contribution in [0.5, 0.6) is 0 Å². The molecule has 0 aliphatic rings. The number of hydrogen-bond donors (Lipinski definition) is 1. The first-order chi connectivity index (χ1) is 14.8. The van der Waals surface area contributed by atoms with Gasteiger partial charge < -0.3 is 14.6 Å². The molecule has 162 valence electrons. The first kappa shape index (κ1) is 22.2. The number of nitrogens with zero attached hydrogens (tertiary/aromatic N) is 3. The molecular weight excluding hydrogens is 427 g/mol. The summed E-state index contributed by atoms with van der Waals surface area (Å²) >= 11 is 1.13. The highest BCUT2D eigenvalue weighted by Crippen LogP contribution is 2.26. The first-order valence-electron chi connectivity index (χ1n) is 9.38. The number of thioether (sulfide) groups is 1. The lowest BCUT2D eigenvalue weighted by Gasteiger charge is -2.07. The summed E-state index contributed by atoms with van der Waals surface area (Å²) in [6, 6.07) is 7.96. The van der Waals surface area contributed by atoms with Crippen LogP contribution in [-0.4, -0.2) is 38.7 Å². The number of rotatable bonds is 8. The lowest BCUT2D eigenvalue weighted by atomic mass is 10.2. The van der Waals surface area contributed by atoms with Crippen molar-refractivity contribution in [2.24, 2.45) is 0 Å². The zero-order valence-corrected chi connectivity index (χ0v) is 17.6. The van der Waals surface area contributed by atoms with Gasteiger partial charge in [-0.05, 0) is 38.1 Å². The summed E-state index contributed by atoms with van der Waals surface area (Å²) in [7, 11) is 0. The highest BCUT2D eigenvalue weighted by atomic mass is 32.2. The number of non-ortho nitro benzene ring substituents is 1. The van der Waals surface area contributed by atoms with Gasteiger partial charge in [0.25, 0.3) is 5.69 Å². The Kier molecular flexibility index (Phi) is 6.85. The van der Waals surface area contributed by atoms with E-state index < -0.39 is 22.6 Å². The van der Waals surface area contributed by atoms with Crippen molar-refractivity contribution >= 4 is 46.0 Å². The van der Waals surface area contributed by atoms with Gasteiger partial charge in [0, 0.05) is 18.7 Å². The van der Waals surface area contributed by atoms with E-state index in [2.05, 4.69) is 10.3 Å². The first-order valence-corrected chi connectivity index (χ1v) is 10.4. The highest BCUT2D eigenvalue weighted by molar-refractivity contribution is 7.99. The topological polar surface area (TPSA) is 116 Å². The van der Waals surface area contributed by atoms with Crippen molar-refractivity contribution in [3.8, 4) is 0 Å². The van der Waals surface area contributed by atoms with Gasteiger partial charge in [-0.25, -0.2) is 14.2 Å². The Morgan fingerprint density at radius 2 is 2.03 bits per heavy atom. The fraction of sp³-hybridized carbons (Fsp3) is 0.250. The van der Waals surface area contributed by atoms with E-state index in [1.165, 1.54) is 0 Å². The predicted molar refractivity (Wildman–Crippen MR) is 114 cm³/mol. The number of benzene rings is 2. The number of imidazole rings is 1. The van der Waals surface area contributed by atoms with Crippen LogP contribution in [0, 0.1) is 15.9 Å². The molecule has 9 nitrogen and oxygen atoms in total. The van der Waals surface area contributed by atoms with Crippen molar-refractivity contribution in [3.05, 3.63) is 57.9 Å². The van der Waals surface area contributed by atoms with E-state index in [0.717, 1.165) is 35.5 Å². The Labute approximate surface area is 180 Å². The predicted octanol–water partition coefficient (Wildman–Crippen LogP) is 4.01.